The summed E-state index contributed by atoms with van der Waals surface area (Å²) in [4.78, 5) is 13.3. The van der Waals surface area contributed by atoms with E-state index in [0.717, 1.165) is 25.1 Å². The highest BCUT2D eigenvalue weighted by Crippen LogP contribution is 2.33. The van der Waals surface area contributed by atoms with Gasteiger partial charge in [-0.05, 0) is 30.8 Å². The monoisotopic (exact) mass is 293 g/mol. The lowest BCUT2D eigenvalue weighted by Crippen LogP contribution is -2.52. The highest BCUT2D eigenvalue weighted by atomic mass is 32.1. The third-order valence-corrected chi connectivity index (χ3v) is 3.51. The van der Waals surface area contributed by atoms with Gasteiger partial charge in [0.25, 0.3) is 5.91 Å². The number of benzene rings is 1. The minimum absolute atomic E-state index is 0.338. The van der Waals surface area contributed by atoms with Gasteiger partial charge in [0.1, 0.15) is 5.75 Å². The second-order valence-corrected chi connectivity index (χ2v) is 5.06. The van der Waals surface area contributed by atoms with Crippen LogP contribution in [0.3, 0.4) is 0 Å². The molecule has 0 radical (unpaired) electrons. The number of ether oxygens (including phenoxy) is 1. The zero-order valence-electron chi connectivity index (χ0n) is 11.5. The van der Waals surface area contributed by atoms with Gasteiger partial charge in [0.05, 0.1) is 12.2 Å². The summed E-state index contributed by atoms with van der Waals surface area (Å²) in [6.45, 7) is 3.28. The molecule has 20 heavy (non-hydrogen) atoms. The number of unbranched alkanes of at least 4 members (excludes halogenated alkanes) is 1. The molecule has 1 aromatic carbocycles. The Balaban J connectivity index is 2.18. The van der Waals surface area contributed by atoms with Crippen LogP contribution in [0.5, 0.6) is 5.75 Å². The number of rotatable bonds is 4. The summed E-state index contributed by atoms with van der Waals surface area (Å²) in [5.74, 6) is 0.142. The Labute approximate surface area is 124 Å². The van der Waals surface area contributed by atoms with Gasteiger partial charge in [-0.15, -0.1) is 0 Å². The lowest BCUT2D eigenvalue weighted by molar-refractivity contribution is -0.124. The molecule has 1 heterocycles. The zero-order chi connectivity index (χ0) is 14.5. The normalized spacial score (nSPS) is 17.1. The minimum Gasteiger partial charge on any atom is -0.477 e. The number of para-hydroxylation sites is 2. The molecule has 0 fully saturated rings. The third-order valence-electron chi connectivity index (χ3n) is 3.14. The summed E-state index contributed by atoms with van der Waals surface area (Å²) in [7, 11) is 0. The van der Waals surface area contributed by atoms with Crippen LogP contribution < -0.4 is 20.7 Å². The fraction of sp³-hybridized carbons (Fsp3) is 0.429. The lowest BCUT2D eigenvalue weighted by Gasteiger charge is -2.35. The number of primary amides is 1. The molecule has 0 aromatic heterocycles. The summed E-state index contributed by atoms with van der Waals surface area (Å²) in [5, 5.41) is 3.80. The standard InChI is InChI=1S/C14H19N3O2S/c1-2-3-8-16-14(20)17-9-12(13(15)18)19-11-7-5-4-6-10(11)17/h4-7,12H,2-3,8-9H2,1H3,(H2,15,18)(H,16,20). The van der Waals surface area contributed by atoms with Crippen LogP contribution in [0.4, 0.5) is 5.69 Å². The Morgan fingerprint density at radius 1 is 1.55 bits per heavy atom. The fourth-order valence-corrected chi connectivity index (χ4v) is 2.32. The fourth-order valence-electron chi connectivity index (χ4n) is 2.04. The maximum absolute atomic E-state index is 11.4. The van der Waals surface area contributed by atoms with Crippen LogP contribution in [-0.2, 0) is 4.79 Å². The molecule has 6 heteroatoms. The average molecular weight is 293 g/mol. The van der Waals surface area contributed by atoms with E-state index in [4.69, 9.17) is 22.7 Å². The smallest absolute Gasteiger partial charge is 0.260 e. The van der Waals surface area contributed by atoms with Crippen LogP contribution in [0.1, 0.15) is 19.8 Å². The summed E-state index contributed by atoms with van der Waals surface area (Å²) < 4.78 is 5.60. The van der Waals surface area contributed by atoms with Crippen molar-refractivity contribution in [3.8, 4) is 5.75 Å². The molecule has 0 saturated carbocycles. The Morgan fingerprint density at radius 3 is 3.00 bits per heavy atom. The molecule has 1 aromatic rings. The number of nitrogens with zero attached hydrogens (tertiary/aromatic N) is 1. The van der Waals surface area contributed by atoms with Gasteiger partial charge in [0.2, 0.25) is 0 Å². The number of carbonyl (C=O) groups excluding carboxylic acids is 1. The molecule has 1 aliphatic heterocycles. The van der Waals surface area contributed by atoms with E-state index in [9.17, 15) is 4.79 Å². The molecular formula is C14H19N3O2S. The van der Waals surface area contributed by atoms with E-state index < -0.39 is 12.0 Å². The van der Waals surface area contributed by atoms with E-state index in [-0.39, 0.29) is 0 Å². The molecule has 1 atom stereocenters. The minimum atomic E-state index is -0.684. The van der Waals surface area contributed by atoms with Gasteiger partial charge in [-0.25, -0.2) is 0 Å². The molecule has 0 saturated heterocycles. The van der Waals surface area contributed by atoms with Gasteiger partial charge >= 0.3 is 0 Å². The number of hydrogen-bond acceptors (Lipinski definition) is 3. The van der Waals surface area contributed by atoms with Gasteiger partial charge in [0, 0.05) is 6.54 Å². The molecule has 0 spiro atoms. The van der Waals surface area contributed by atoms with Crippen LogP contribution in [0.25, 0.3) is 0 Å². The lowest BCUT2D eigenvalue weighted by atomic mass is 10.2. The SMILES string of the molecule is CCCCNC(=S)N1CC(C(N)=O)Oc2ccccc21. The predicted octanol–water partition coefficient (Wildman–Crippen LogP) is 1.41. The van der Waals surface area contributed by atoms with Crippen molar-refractivity contribution in [3.05, 3.63) is 24.3 Å². The quantitative estimate of drug-likeness (QED) is 0.649. The van der Waals surface area contributed by atoms with Crippen LogP contribution in [0.15, 0.2) is 24.3 Å². The van der Waals surface area contributed by atoms with Crippen LogP contribution >= 0.6 is 12.2 Å². The molecule has 0 bridgehead atoms. The Morgan fingerprint density at radius 2 is 2.30 bits per heavy atom. The van der Waals surface area contributed by atoms with Crippen molar-refractivity contribution in [2.24, 2.45) is 5.73 Å². The van der Waals surface area contributed by atoms with Gasteiger partial charge < -0.3 is 20.7 Å². The maximum atomic E-state index is 11.4. The first-order valence-electron chi connectivity index (χ1n) is 6.74. The molecule has 1 unspecified atom stereocenters. The molecule has 0 aliphatic carbocycles. The van der Waals surface area contributed by atoms with E-state index in [0.29, 0.717) is 17.4 Å². The number of anilines is 1. The molecule has 3 N–H and O–H groups in total. The summed E-state index contributed by atoms with van der Waals surface area (Å²) in [6, 6.07) is 7.49. The van der Waals surface area contributed by atoms with Crippen molar-refractivity contribution in [2.45, 2.75) is 25.9 Å². The largest absolute Gasteiger partial charge is 0.477 e. The van der Waals surface area contributed by atoms with E-state index >= 15 is 0 Å². The van der Waals surface area contributed by atoms with Gasteiger partial charge in [-0.3, -0.25) is 4.79 Å². The van der Waals surface area contributed by atoms with Crippen molar-refractivity contribution in [2.75, 3.05) is 18.0 Å². The van der Waals surface area contributed by atoms with E-state index in [1.165, 1.54) is 0 Å². The Kier molecular flexibility index (Phi) is 4.79. The van der Waals surface area contributed by atoms with Crippen molar-refractivity contribution in [3.63, 3.8) is 0 Å². The molecule has 2 rings (SSSR count). The van der Waals surface area contributed by atoms with Crippen molar-refractivity contribution >= 4 is 28.9 Å². The third kappa shape index (κ3) is 3.19. The van der Waals surface area contributed by atoms with Crippen molar-refractivity contribution in [1.82, 2.24) is 5.32 Å². The first kappa shape index (κ1) is 14.6. The van der Waals surface area contributed by atoms with E-state index in [1.54, 1.807) is 0 Å². The summed E-state index contributed by atoms with van der Waals surface area (Å²) >= 11 is 5.41. The highest BCUT2D eigenvalue weighted by molar-refractivity contribution is 7.80. The molecule has 5 nitrogen and oxygen atoms in total. The topological polar surface area (TPSA) is 67.6 Å². The first-order chi connectivity index (χ1) is 9.63. The second-order valence-electron chi connectivity index (χ2n) is 4.67. The summed E-state index contributed by atoms with van der Waals surface area (Å²) in [6.07, 6.45) is 1.46. The zero-order valence-corrected chi connectivity index (χ0v) is 12.3. The molecular weight excluding hydrogens is 274 g/mol. The molecule has 1 amide bonds. The molecule has 1 aliphatic rings. The van der Waals surface area contributed by atoms with Gasteiger partial charge in [-0.2, -0.15) is 0 Å². The number of thiocarbonyl (C=S) groups is 1. The highest BCUT2D eigenvalue weighted by Gasteiger charge is 2.30. The van der Waals surface area contributed by atoms with E-state index in [2.05, 4.69) is 12.2 Å². The van der Waals surface area contributed by atoms with Crippen molar-refractivity contribution < 1.29 is 9.53 Å². The number of hydrogen-bond donors (Lipinski definition) is 2. The number of carbonyl (C=O) groups is 1. The van der Waals surface area contributed by atoms with Crippen LogP contribution in [0, 0.1) is 0 Å². The number of nitrogens with two attached hydrogens (primary N) is 1. The molecule has 108 valence electrons. The van der Waals surface area contributed by atoms with Gasteiger partial charge in [-0.1, -0.05) is 25.5 Å². The Hall–Kier alpha value is -1.82. The predicted molar refractivity (Wildman–Crippen MR) is 82.9 cm³/mol. The second kappa shape index (κ2) is 6.56. The van der Waals surface area contributed by atoms with Crippen LogP contribution in [0.2, 0.25) is 0 Å². The number of nitrogens with one attached hydrogen (secondary N) is 1. The number of amides is 1. The van der Waals surface area contributed by atoms with Crippen molar-refractivity contribution in [1.29, 1.82) is 0 Å². The van der Waals surface area contributed by atoms with Crippen LogP contribution in [-0.4, -0.2) is 30.2 Å². The average Bonchev–Trinajstić information content (AvgIpc) is 2.46. The maximum Gasteiger partial charge on any atom is 0.260 e. The number of fused-ring (bicyclic) bond motifs is 1. The first-order valence-corrected chi connectivity index (χ1v) is 7.14. The summed E-state index contributed by atoms with van der Waals surface area (Å²) in [5.41, 5.74) is 6.21. The Bertz CT molecular complexity index is 507. The van der Waals surface area contributed by atoms with Gasteiger partial charge in [0.15, 0.2) is 11.2 Å². The van der Waals surface area contributed by atoms with E-state index in [1.807, 2.05) is 29.2 Å².